The van der Waals surface area contributed by atoms with E-state index in [0.717, 1.165) is 17.1 Å². The van der Waals surface area contributed by atoms with E-state index in [1.54, 1.807) is 0 Å². The van der Waals surface area contributed by atoms with Gasteiger partial charge in [-0.25, -0.2) is 0 Å². The maximum absolute atomic E-state index is 2.46. The predicted molar refractivity (Wildman–Crippen MR) is 242 cm³/mol. The van der Waals surface area contributed by atoms with Crippen molar-refractivity contribution in [1.29, 1.82) is 0 Å². The molecule has 10 aromatic rings. The largest absolute Gasteiger partial charge is 0.310 e. The predicted octanol–water partition coefficient (Wildman–Crippen LogP) is 15.8. The normalized spacial score (nSPS) is 11.5. The fourth-order valence-electron chi connectivity index (χ4n) is 8.96. The number of fused-ring (bicyclic) bond motifs is 6. The van der Waals surface area contributed by atoms with Crippen molar-refractivity contribution in [1.82, 2.24) is 0 Å². The number of anilines is 3. The molecule has 0 N–H and O–H groups in total. The molecule has 0 aliphatic heterocycles. The van der Waals surface area contributed by atoms with Crippen molar-refractivity contribution in [2.75, 3.05) is 4.90 Å². The highest BCUT2D eigenvalue weighted by Gasteiger charge is 2.33. The molecule has 0 spiro atoms. The highest BCUT2D eigenvalue weighted by Crippen LogP contribution is 2.60. The summed E-state index contributed by atoms with van der Waals surface area (Å²) in [4.78, 5) is 2.43. The summed E-state index contributed by atoms with van der Waals surface area (Å²) in [5, 5.41) is 4.99. The van der Waals surface area contributed by atoms with Crippen LogP contribution in [0.25, 0.3) is 88.3 Å². The summed E-state index contributed by atoms with van der Waals surface area (Å²) < 4.78 is 0. The van der Waals surface area contributed by atoms with Crippen molar-refractivity contribution in [3.05, 3.63) is 224 Å². The number of hydrogen-bond acceptors (Lipinski definition) is 1. The summed E-state index contributed by atoms with van der Waals surface area (Å²) >= 11 is 0. The fourth-order valence-corrected chi connectivity index (χ4v) is 8.96. The van der Waals surface area contributed by atoms with Gasteiger partial charge in [0, 0.05) is 16.8 Å². The van der Waals surface area contributed by atoms with Gasteiger partial charge in [0.05, 0.1) is 5.69 Å². The lowest BCUT2D eigenvalue weighted by Crippen LogP contribution is -2.11. The van der Waals surface area contributed by atoms with Gasteiger partial charge in [-0.3, -0.25) is 0 Å². The lowest BCUT2D eigenvalue weighted by atomic mass is 9.70. The Hall–Kier alpha value is -7.48. The molecule has 0 bridgehead atoms. The lowest BCUT2D eigenvalue weighted by Gasteiger charge is -2.33. The Balaban J connectivity index is 1.15. The SMILES string of the molecule is c1ccc(-c2ccc(N(c3cccc(-c4ccccc4)c3)c3cccc4cc5c(cc34)-c3c-5c(-c4ccccc4)c4ccccc4c3-c3ccccc3)cc2)cc1. The molecular formula is C56H37N. The van der Waals surface area contributed by atoms with Crippen molar-refractivity contribution in [2.45, 2.75) is 0 Å². The molecule has 0 heterocycles. The third kappa shape index (κ3) is 5.55. The quantitative estimate of drug-likeness (QED) is 0.158. The number of benzene rings is 10. The Morgan fingerprint density at radius 1 is 0.246 bits per heavy atom. The van der Waals surface area contributed by atoms with Crippen molar-refractivity contribution >= 4 is 38.6 Å². The third-order valence-electron chi connectivity index (χ3n) is 11.6. The second-order valence-electron chi connectivity index (χ2n) is 14.8. The maximum Gasteiger partial charge on any atom is 0.0540 e. The van der Waals surface area contributed by atoms with E-state index in [4.69, 9.17) is 0 Å². The van der Waals surface area contributed by atoms with Crippen molar-refractivity contribution in [2.24, 2.45) is 0 Å². The number of rotatable bonds is 7. The van der Waals surface area contributed by atoms with Crippen LogP contribution in [0.1, 0.15) is 0 Å². The summed E-state index contributed by atoms with van der Waals surface area (Å²) in [5.74, 6) is 0. The third-order valence-corrected chi connectivity index (χ3v) is 11.6. The van der Waals surface area contributed by atoms with Gasteiger partial charge in [0.15, 0.2) is 0 Å². The molecule has 1 nitrogen and oxygen atoms in total. The first-order valence-electron chi connectivity index (χ1n) is 19.7. The Morgan fingerprint density at radius 3 is 1.28 bits per heavy atom. The van der Waals surface area contributed by atoms with E-state index in [0.29, 0.717) is 0 Å². The molecule has 1 aliphatic rings. The average molecular weight is 724 g/mol. The van der Waals surface area contributed by atoms with Gasteiger partial charge in [-0.1, -0.05) is 182 Å². The van der Waals surface area contributed by atoms with Crippen LogP contribution in [-0.4, -0.2) is 0 Å². The van der Waals surface area contributed by atoms with Crippen molar-refractivity contribution < 1.29 is 0 Å². The van der Waals surface area contributed by atoms with Gasteiger partial charge in [-0.2, -0.15) is 0 Å². The summed E-state index contributed by atoms with van der Waals surface area (Å²) in [6.07, 6.45) is 0. The van der Waals surface area contributed by atoms with E-state index >= 15 is 0 Å². The smallest absolute Gasteiger partial charge is 0.0540 e. The summed E-state index contributed by atoms with van der Waals surface area (Å²) in [6, 6.07) is 81.7. The van der Waals surface area contributed by atoms with Gasteiger partial charge in [0.1, 0.15) is 0 Å². The molecule has 0 aromatic heterocycles. The first-order valence-corrected chi connectivity index (χ1v) is 19.7. The van der Waals surface area contributed by atoms with Crippen LogP contribution < -0.4 is 4.90 Å². The molecule has 1 heteroatoms. The van der Waals surface area contributed by atoms with E-state index in [2.05, 4.69) is 229 Å². The molecule has 0 fully saturated rings. The Kier molecular flexibility index (Phi) is 7.89. The molecule has 0 unspecified atom stereocenters. The Morgan fingerprint density at radius 2 is 0.702 bits per heavy atom. The van der Waals surface area contributed by atoms with Crippen LogP contribution >= 0.6 is 0 Å². The molecule has 57 heavy (non-hydrogen) atoms. The van der Waals surface area contributed by atoms with E-state index in [-0.39, 0.29) is 0 Å². The van der Waals surface area contributed by atoms with Gasteiger partial charge < -0.3 is 4.90 Å². The molecular weight excluding hydrogens is 687 g/mol. The molecule has 0 atom stereocenters. The maximum atomic E-state index is 2.46. The van der Waals surface area contributed by atoms with Crippen LogP contribution in [-0.2, 0) is 0 Å². The lowest BCUT2D eigenvalue weighted by molar-refractivity contribution is 1.30. The molecule has 266 valence electrons. The molecule has 0 radical (unpaired) electrons. The zero-order valence-corrected chi connectivity index (χ0v) is 31.3. The highest BCUT2D eigenvalue weighted by molar-refractivity contribution is 6.26. The monoisotopic (exact) mass is 723 g/mol. The van der Waals surface area contributed by atoms with E-state index < -0.39 is 0 Å². The Bertz CT molecular complexity index is 3080. The molecule has 10 aromatic carbocycles. The molecule has 0 amide bonds. The molecule has 1 aliphatic carbocycles. The number of nitrogens with zero attached hydrogens (tertiary/aromatic N) is 1. The van der Waals surface area contributed by atoms with Crippen LogP contribution in [0.5, 0.6) is 0 Å². The molecule has 0 saturated heterocycles. The van der Waals surface area contributed by atoms with E-state index in [1.807, 2.05) is 0 Å². The van der Waals surface area contributed by atoms with Crippen LogP contribution in [0.3, 0.4) is 0 Å². The van der Waals surface area contributed by atoms with Crippen LogP contribution in [0, 0.1) is 0 Å². The Labute approximate surface area is 333 Å². The minimum absolute atomic E-state index is 1.11. The zero-order chi connectivity index (χ0) is 37.7. The number of hydrogen-bond donors (Lipinski definition) is 0. The van der Waals surface area contributed by atoms with E-state index in [9.17, 15) is 0 Å². The van der Waals surface area contributed by atoms with Gasteiger partial charge >= 0.3 is 0 Å². The highest BCUT2D eigenvalue weighted by atomic mass is 15.1. The van der Waals surface area contributed by atoms with Gasteiger partial charge in [0.25, 0.3) is 0 Å². The van der Waals surface area contributed by atoms with Crippen molar-refractivity contribution in [3.63, 3.8) is 0 Å². The van der Waals surface area contributed by atoms with Crippen LogP contribution in [0.4, 0.5) is 17.1 Å². The minimum Gasteiger partial charge on any atom is -0.310 e. The first-order chi connectivity index (χ1) is 28.3. The second kappa shape index (κ2) is 13.7. The van der Waals surface area contributed by atoms with Gasteiger partial charge in [-0.05, 0) is 125 Å². The summed E-state index contributed by atoms with van der Waals surface area (Å²) in [7, 11) is 0. The topological polar surface area (TPSA) is 3.24 Å². The molecule has 0 saturated carbocycles. The first kappa shape index (κ1) is 32.9. The van der Waals surface area contributed by atoms with Gasteiger partial charge in [-0.15, -0.1) is 0 Å². The van der Waals surface area contributed by atoms with Gasteiger partial charge in [0.2, 0.25) is 0 Å². The average Bonchev–Trinajstić information content (AvgIpc) is 3.29. The van der Waals surface area contributed by atoms with Crippen molar-refractivity contribution in [3.8, 4) is 66.8 Å². The summed E-state index contributed by atoms with van der Waals surface area (Å²) in [5.41, 5.74) is 18.5. The zero-order valence-electron chi connectivity index (χ0n) is 31.3. The minimum atomic E-state index is 1.11. The fraction of sp³-hybridized carbons (Fsp3) is 0. The summed E-state index contributed by atoms with van der Waals surface area (Å²) in [6.45, 7) is 0. The standard InChI is InChI=1S/C56H37N/c1-5-17-38(18-6-1)40-31-33-45(34-32-40)57(46-27-15-25-43(35-46)39-19-7-2-8-20-39)52-30-16-26-44-36-50-51(37-49(44)52)56-54(42-23-11-4-12-24-42)48-29-14-13-28-47(48)53(55(50)56)41-21-9-3-10-22-41/h1-37H. The molecule has 11 rings (SSSR count). The van der Waals surface area contributed by atoms with Crippen LogP contribution in [0.2, 0.25) is 0 Å². The second-order valence-corrected chi connectivity index (χ2v) is 14.8. The van der Waals surface area contributed by atoms with E-state index in [1.165, 1.54) is 88.3 Å². The van der Waals surface area contributed by atoms with Crippen LogP contribution in [0.15, 0.2) is 224 Å².